The van der Waals surface area contributed by atoms with Gasteiger partial charge in [0.25, 0.3) is 0 Å². The Hall–Kier alpha value is -0.700. The van der Waals surface area contributed by atoms with Gasteiger partial charge in [-0.15, -0.1) is 0 Å². The van der Waals surface area contributed by atoms with E-state index in [1.165, 1.54) is 17.9 Å². The lowest BCUT2D eigenvalue weighted by atomic mass is 10.3. The topological polar surface area (TPSA) is 24.9 Å². The van der Waals surface area contributed by atoms with Gasteiger partial charge < -0.3 is 5.32 Å². The normalized spacial score (nSPS) is 10.0. The summed E-state index contributed by atoms with van der Waals surface area (Å²) in [5.74, 6) is 1.22. The predicted molar refractivity (Wildman–Crippen MR) is 60.5 cm³/mol. The molecule has 1 N–H and O–H groups in total. The second-order valence-corrected chi connectivity index (χ2v) is 3.94. The van der Waals surface area contributed by atoms with Gasteiger partial charge in [-0.25, -0.2) is 0 Å². The Morgan fingerprint density at radius 2 is 2.38 bits per heavy atom. The molecule has 0 aliphatic carbocycles. The number of nitrogens with one attached hydrogen (secondary N) is 1. The minimum absolute atomic E-state index is 1.05. The fraction of sp³-hybridized carbons (Fsp3) is 0.500. The SMILES string of the molecule is CSCCCNc1ccnc(C)c1. The molecule has 0 aliphatic rings. The molecule has 0 spiro atoms. The van der Waals surface area contributed by atoms with Gasteiger partial charge in [0.1, 0.15) is 0 Å². The zero-order chi connectivity index (χ0) is 9.52. The summed E-state index contributed by atoms with van der Waals surface area (Å²) in [6, 6.07) is 4.07. The predicted octanol–water partition coefficient (Wildman–Crippen LogP) is 2.56. The molecule has 72 valence electrons. The second kappa shape index (κ2) is 5.86. The zero-order valence-corrected chi connectivity index (χ0v) is 9.03. The van der Waals surface area contributed by atoms with E-state index >= 15 is 0 Å². The van der Waals surface area contributed by atoms with Gasteiger partial charge in [0.2, 0.25) is 0 Å². The molecule has 0 saturated heterocycles. The van der Waals surface area contributed by atoms with Crippen LogP contribution >= 0.6 is 11.8 Å². The first-order valence-corrected chi connectivity index (χ1v) is 5.88. The third-order valence-electron chi connectivity index (χ3n) is 1.75. The van der Waals surface area contributed by atoms with E-state index in [2.05, 4.69) is 22.6 Å². The maximum absolute atomic E-state index is 4.14. The van der Waals surface area contributed by atoms with Crippen molar-refractivity contribution in [2.75, 3.05) is 23.9 Å². The first-order chi connectivity index (χ1) is 6.33. The van der Waals surface area contributed by atoms with E-state index < -0.39 is 0 Å². The summed E-state index contributed by atoms with van der Waals surface area (Å²) in [6.45, 7) is 3.05. The molecule has 0 amide bonds. The fourth-order valence-electron chi connectivity index (χ4n) is 1.10. The molecular weight excluding hydrogens is 180 g/mol. The number of anilines is 1. The molecule has 0 aliphatic heterocycles. The van der Waals surface area contributed by atoms with Crippen molar-refractivity contribution < 1.29 is 0 Å². The number of pyridine rings is 1. The number of rotatable bonds is 5. The summed E-state index contributed by atoms with van der Waals surface area (Å²) < 4.78 is 0. The maximum atomic E-state index is 4.14. The highest BCUT2D eigenvalue weighted by Crippen LogP contribution is 2.07. The fourth-order valence-corrected chi connectivity index (χ4v) is 1.54. The molecule has 0 saturated carbocycles. The first kappa shape index (κ1) is 10.4. The summed E-state index contributed by atoms with van der Waals surface area (Å²) >= 11 is 1.89. The number of nitrogens with zero attached hydrogens (tertiary/aromatic N) is 1. The number of aryl methyl sites for hydroxylation is 1. The third-order valence-corrected chi connectivity index (χ3v) is 2.45. The minimum atomic E-state index is 1.05. The van der Waals surface area contributed by atoms with Crippen LogP contribution in [0, 0.1) is 6.92 Å². The molecule has 0 unspecified atom stereocenters. The van der Waals surface area contributed by atoms with Gasteiger partial charge in [-0.3, -0.25) is 4.98 Å². The van der Waals surface area contributed by atoms with E-state index in [9.17, 15) is 0 Å². The zero-order valence-electron chi connectivity index (χ0n) is 8.21. The van der Waals surface area contributed by atoms with Gasteiger partial charge >= 0.3 is 0 Å². The summed E-state index contributed by atoms with van der Waals surface area (Å²) in [4.78, 5) is 4.14. The highest BCUT2D eigenvalue weighted by molar-refractivity contribution is 7.98. The lowest BCUT2D eigenvalue weighted by molar-refractivity contribution is 0.990. The van der Waals surface area contributed by atoms with Crippen LogP contribution in [0.5, 0.6) is 0 Å². The quantitative estimate of drug-likeness (QED) is 0.733. The lowest BCUT2D eigenvalue weighted by Crippen LogP contribution is -2.02. The molecular formula is C10H16N2S. The largest absolute Gasteiger partial charge is 0.385 e. The molecule has 1 rings (SSSR count). The van der Waals surface area contributed by atoms with E-state index in [1.807, 2.05) is 30.9 Å². The van der Waals surface area contributed by atoms with Crippen molar-refractivity contribution in [2.24, 2.45) is 0 Å². The molecule has 3 heteroatoms. The third kappa shape index (κ3) is 4.18. The number of aromatic nitrogens is 1. The van der Waals surface area contributed by atoms with Crippen molar-refractivity contribution in [1.82, 2.24) is 4.98 Å². The molecule has 0 atom stereocenters. The van der Waals surface area contributed by atoms with Crippen LogP contribution < -0.4 is 5.32 Å². The van der Waals surface area contributed by atoms with Crippen LogP contribution in [0.1, 0.15) is 12.1 Å². The van der Waals surface area contributed by atoms with Gasteiger partial charge in [0.15, 0.2) is 0 Å². The van der Waals surface area contributed by atoms with Crippen LogP contribution in [0.15, 0.2) is 18.3 Å². The molecule has 1 aromatic rings. The van der Waals surface area contributed by atoms with Crippen LogP contribution in [0.2, 0.25) is 0 Å². The van der Waals surface area contributed by atoms with Crippen LogP contribution in [0.25, 0.3) is 0 Å². The van der Waals surface area contributed by atoms with Gasteiger partial charge in [0, 0.05) is 24.1 Å². The summed E-state index contributed by atoms with van der Waals surface area (Å²) in [5, 5.41) is 3.37. The molecule has 0 bridgehead atoms. The van der Waals surface area contributed by atoms with Crippen molar-refractivity contribution in [3.8, 4) is 0 Å². The first-order valence-electron chi connectivity index (χ1n) is 4.48. The van der Waals surface area contributed by atoms with Crippen LogP contribution in [0.4, 0.5) is 5.69 Å². The Kier molecular flexibility index (Phi) is 4.68. The number of hydrogen-bond donors (Lipinski definition) is 1. The van der Waals surface area contributed by atoms with Crippen LogP contribution in [0.3, 0.4) is 0 Å². The van der Waals surface area contributed by atoms with E-state index in [4.69, 9.17) is 0 Å². The Bertz CT molecular complexity index is 250. The molecule has 0 fully saturated rings. The molecule has 1 heterocycles. The molecule has 0 radical (unpaired) electrons. The van der Waals surface area contributed by atoms with Gasteiger partial charge in [-0.2, -0.15) is 11.8 Å². The smallest absolute Gasteiger partial charge is 0.0393 e. The minimum Gasteiger partial charge on any atom is -0.385 e. The van der Waals surface area contributed by atoms with Crippen molar-refractivity contribution in [3.05, 3.63) is 24.0 Å². The molecule has 0 aromatic carbocycles. The Morgan fingerprint density at radius 1 is 1.54 bits per heavy atom. The van der Waals surface area contributed by atoms with Crippen molar-refractivity contribution in [2.45, 2.75) is 13.3 Å². The number of thioether (sulfide) groups is 1. The molecule has 13 heavy (non-hydrogen) atoms. The molecule has 2 nitrogen and oxygen atoms in total. The van der Waals surface area contributed by atoms with Crippen molar-refractivity contribution >= 4 is 17.4 Å². The van der Waals surface area contributed by atoms with Gasteiger partial charge in [-0.1, -0.05) is 0 Å². The van der Waals surface area contributed by atoms with E-state index in [0.29, 0.717) is 0 Å². The second-order valence-electron chi connectivity index (χ2n) is 2.96. The van der Waals surface area contributed by atoms with Gasteiger partial charge in [0.05, 0.1) is 0 Å². The highest BCUT2D eigenvalue weighted by Gasteiger charge is 1.91. The monoisotopic (exact) mass is 196 g/mol. The summed E-state index contributed by atoms with van der Waals surface area (Å²) in [7, 11) is 0. The Labute approximate surface area is 84.1 Å². The average molecular weight is 196 g/mol. The standard InChI is InChI=1S/C10H16N2S/c1-9-8-10(4-6-11-9)12-5-3-7-13-2/h4,6,8H,3,5,7H2,1-2H3,(H,11,12). The summed E-state index contributed by atoms with van der Waals surface area (Å²) in [6.07, 6.45) is 5.19. The lowest BCUT2D eigenvalue weighted by Gasteiger charge is -2.05. The van der Waals surface area contributed by atoms with E-state index in [0.717, 1.165) is 12.2 Å². The summed E-state index contributed by atoms with van der Waals surface area (Å²) in [5.41, 5.74) is 2.24. The average Bonchev–Trinajstić information content (AvgIpc) is 2.13. The Morgan fingerprint density at radius 3 is 3.08 bits per heavy atom. The number of hydrogen-bond acceptors (Lipinski definition) is 3. The van der Waals surface area contributed by atoms with E-state index in [1.54, 1.807) is 0 Å². The molecule has 1 aromatic heterocycles. The maximum Gasteiger partial charge on any atom is 0.0393 e. The highest BCUT2D eigenvalue weighted by atomic mass is 32.2. The van der Waals surface area contributed by atoms with Crippen molar-refractivity contribution in [3.63, 3.8) is 0 Å². The van der Waals surface area contributed by atoms with Crippen molar-refractivity contribution in [1.29, 1.82) is 0 Å². The van der Waals surface area contributed by atoms with E-state index in [-0.39, 0.29) is 0 Å². The van der Waals surface area contributed by atoms with Crippen LogP contribution in [-0.2, 0) is 0 Å². The van der Waals surface area contributed by atoms with Gasteiger partial charge in [-0.05, 0) is 37.5 Å². The van der Waals surface area contributed by atoms with Crippen LogP contribution in [-0.4, -0.2) is 23.5 Å². The Balaban J connectivity index is 2.28.